The van der Waals surface area contributed by atoms with Crippen molar-refractivity contribution in [2.45, 2.75) is 6.92 Å². The number of benzene rings is 1. The number of hydrogen-bond donors (Lipinski definition) is 0. The Bertz CT molecular complexity index is 395. The van der Waals surface area contributed by atoms with E-state index in [1.165, 1.54) is 26.3 Å². The Hall–Kier alpha value is -1.13. The summed E-state index contributed by atoms with van der Waals surface area (Å²) in [5, 5.41) is 1.29. The molecule has 1 aromatic rings. The molecule has 0 saturated heterocycles. The molecule has 0 unspecified atom stereocenters. The molecule has 0 aliphatic carbocycles. The van der Waals surface area contributed by atoms with E-state index >= 15 is 0 Å². The summed E-state index contributed by atoms with van der Waals surface area (Å²) in [7, 11) is 2.72. The molecule has 1 rings (SSSR count). The Morgan fingerprint density at radius 1 is 1.53 bits per heavy atom. The van der Waals surface area contributed by atoms with Crippen LogP contribution in [-0.2, 0) is 4.84 Å². The van der Waals surface area contributed by atoms with Gasteiger partial charge in [-0.25, -0.2) is 9.45 Å². The number of carbonyl (C=O) groups is 1. The molecule has 0 N–H and O–H groups in total. The predicted molar refractivity (Wildman–Crippen MR) is 55.2 cm³/mol. The van der Waals surface area contributed by atoms with E-state index in [2.05, 4.69) is 4.84 Å². The molecule has 0 heterocycles. The third kappa shape index (κ3) is 2.46. The van der Waals surface area contributed by atoms with Crippen LogP contribution in [0.4, 0.5) is 4.39 Å². The lowest BCUT2D eigenvalue weighted by molar-refractivity contribution is -0.0759. The number of nitrogens with zero attached hydrogens (tertiary/aromatic N) is 1. The Balaban J connectivity index is 3.15. The molecule has 0 aliphatic heterocycles. The number of hydroxylamine groups is 2. The van der Waals surface area contributed by atoms with E-state index in [0.717, 1.165) is 5.06 Å². The lowest BCUT2D eigenvalue weighted by Crippen LogP contribution is -2.26. The molecule has 3 nitrogen and oxygen atoms in total. The fourth-order valence-electron chi connectivity index (χ4n) is 1.06. The van der Waals surface area contributed by atoms with Gasteiger partial charge in [-0.3, -0.25) is 9.63 Å². The Labute approximate surface area is 92.3 Å². The third-order valence-corrected chi connectivity index (χ3v) is 2.45. The normalized spacial score (nSPS) is 10.2. The number of rotatable bonds is 2. The first-order valence-corrected chi connectivity index (χ1v) is 4.63. The zero-order valence-corrected chi connectivity index (χ0v) is 9.43. The van der Waals surface area contributed by atoms with Crippen molar-refractivity contribution in [1.82, 2.24) is 5.06 Å². The van der Waals surface area contributed by atoms with Crippen LogP contribution in [0, 0.1) is 12.7 Å². The van der Waals surface area contributed by atoms with Gasteiger partial charge in [-0.15, -0.1) is 0 Å². The topological polar surface area (TPSA) is 29.5 Å². The maximum absolute atomic E-state index is 13.4. The third-order valence-electron chi connectivity index (χ3n) is 2.04. The van der Waals surface area contributed by atoms with Gasteiger partial charge in [0.25, 0.3) is 5.91 Å². The van der Waals surface area contributed by atoms with Gasteiger partial charge in [0.05, 0.1) is 12.7 Å². The van der Waals surface area contributed by atoms with Gasteiger partial charge in [-0.1, -0.05) is 11.6 Å². The average Bonchev–Trinajstić information content (AvgIpc) is 2.21. The van der Waals surface area contributed by atoms with Gasteiger partial charge in [-0.2, -0.15) is 0 Å². The second kappa shape index (κ2) is 4.59. The number of hydrogen-bond acceptors (Lipinski definition) is 2. The van der Waals surface area contributed by atoms with Crippen molar-refractivity contribution in [3.8, 4) is 0 Å². The molecular formula is C10H11ClFNO2. The zero-order chi connectivity index (χ0) is 11.6. The molecule has 0 aromatic heterocycles. The first kappa shape index (κ1) is 11.9. The first-order valence-electron chi connectivity index (χ1n) is 4.25. The minimum absolute atomic E-state index is 0.102. The van der Waals surface area contributed by atoms with E-state index < -0.39 is 11.7 Å². The van der Waals surface area contributed by atoms with E-state index in [4.69, 9.17) is 11.6 Å². The Morgan fingerprint density at radius 3 is 2.67 bits per heavy atom. The summed E-state index contributed by atoms with van der Waals surface area (Å²) in [4.78, 5) is 16.2. The molecule has 1 aromatic carbocycles. The molecule has 0 bridgehead atoms. The van der Waals surface area contributed by atoms with Crippen molar-refractivity contribution in [2.24, 2.45) is 0 Å². The standard InChI is InChI=1S/C10H11ClFNO2/c1-6-4-9(12)7(5-8(6)11)10(14)13(2)15-3/h4-5H,1-3H3. The summed E-state index contributed by atoms with van der Waals surface area (Å²) in [6.45, 7) is 1.67. The van der Waals surface area contributed by atoms with Crippen LogP contribution in [0.25, 0.3) is 0 Å². The molecule has 1 amide bonds. The van der Waals surface area contributed by atoms with Gasteiger partial charge in [0, 0.05) is 12.1 Å². The van der Waals surface area contributed by atoms with Crippen LogP contribution in [0.5, 0.6) is 0 Å². The lowest BCUT2D eigenvalue weighted by atomic mass is 10.1. The Kier molecular flexibility index (Phi) is 3.66. The van der Waals surface area contributed by atoms with Gasteiger partial charge >= 0.3 is 0 Å². The highest BCUT2D eigenvalue weighted by Crippen LogP contribution is 2.20. The summed E-state index contributed by atoms with van der Waals surface area (Å²) >= 11 is 5.80. The van der Waals surface area contributed by atoms with E-state index in [0.29, 0.717) is 10.6 Å². The molecule has 0 fully saturated rings. The highest BCUT2D eigenvalue weighted by atomic mass is 35.5. The van der Waals surface area contributed by atoms with Crippen molar-refractivity contribution >= 4 is 17.5 Å². The van der Waals surface area contributed by atoms with Gasteiger partial charge in [-0.05, 0) is 24.6 Å². The van der Waals surface area contributed by atoms with E-state index in [1.807, 2.05) is 0 Å². The number of halogens is 2. The molecule has 0 spiro atoms. The summed E-state index contributed by atoms with van der Waals surface area (Å²) in [5.41, 5.74) is 0.487. The van der Waals surface area contributed by atoms with Crippen LogP contribution in [0.2, 0.25) is 5.02 Å². The molecule has 0 saturated carbocycles. The first-order chi connectivity index (χ1) is 6.97. The highest BCUT2D eigenvalue weighted by Gasteiger charge is 2.17. The number of amides is 1. The average molecular weight is 232 g/mol. The number of aryl methyl sites for hydroxylation is 1. The maximum atomic E-state index is 13.4. The summed E-state index contributed by atoms with van der Waals surface area (Å²) in [6.07, 6.45) is 0. The minimum Gasteiger partial charge on any atom is -0.274 e. The molecule has 0 atom stereocenters. The molecule has 0 aliphatic rings. The van der Waals surface area contributed by atoms with Crippen LogP contribution in [0.1, 0.15) is 15.9 Å². The van der Waals surface area contributed by atoms with Crippen molar-refractivity contribution in [2.75, 3.05) is 14.2 Å². The Morgan fingerprint density at radius 2 is 2.13 bits per heavy atom. The zero-order valence-electron chi connectivity index (χ0n) is 8.67. The van der Waals surface area contributed by atoms with Crippen molar-refractivity contribution in [1.29, 1.82) is 0 Å². The smallest absolute Gasteiger partial charge is 0.274 e. The fraction of sp³-hybridized carbons (Fsp3) is 0.300. The second-order valence-electron chi connectivity index (χ2n) is 3.07. The summed E-state index contributed by atoms with van der Waals surface area (Å²) in [6, 6.07) is 2.52. The summed E-state index contributed by atoms with van der Waals surface area (Å²) in [5.74, 6) is -1.18. The quantitative estimate of drug-likeness (QED) is 0.732. The molecular weight excluding hydrogens is 221 g/mol. The minimum atomic E-state index is -0.606. The van der Waals surface area contributed by atoms with Crippen molar-refractivity contribution in [3.63, 3.8) is 0 Å². The van der Waals surface area contributed by atoms with Crippen LogP contribution < -0.4 is 0 Å². The van der Waals surface area contributed by atoms with Crippen LogP contribution >= 0.6 is 11.6 Å². The van der Waals surface area contributed by atoms with Crippen molar-refractivity contribution < 1.29 is 14.0 Å². The van der Waals surface area contributed by atoms with E-state index in [1.54, 1.807) is 6.92 Å². The molecule has 82 valence electrons. The molecule has 15 heavy (non-hydrogen) atoms. The highest BCUT2D eigenvalue weighted by molar-refractivity contribution is 6.31. The van der Waals surface area contributed by atoms with Crippen LogP contribution in [0.3, 0.4) is 0 Å². The van der Waals surface area contributed by atoms with Crippen LogP contribution in [-0.4, -0.2) is 25.1 Å². The van der Waals surface area contributed by atoms with Crippen molar-refractivity contribution in [3.05, 3.63) is 34.1 Å². The van der Waals surface area contributed by atoms with Gasteiger partial charge in [0.1, 0.15) is 5.82 Å². The lowest BCUT2D eigenvalue weighted by Gasteiger charge is -2.14. The van der Waals surface area contributed by atoms with Gasteiger partial charge in [0.2, 0.25) is 0 Å². The van der Waals surface area contributed by atoms with Gasteiger partial charge in [0.15, 0.2) is 0 Å². The van der Waals surface area contributed by atoms with E-state index in [9.17, 15) is 9.18 Å². The largest absolute Gasteiger partial charge is 0.280 e. The molecule has 5 heteroatoms. The number of carbonyl (C=O) groups excluding carboxylic acids is 1. The second-order valence-corrected chi connectivity index (χ2v) is 3.47. The molecule has 0 radical (unpaired) electrons. The SMILES string of the molecule is CON(C)C(=O)c1cc(Cl)c(C)cc1F. The van der Waals surface area contributed by atoms with Gasteiger partial charge < -0.3 is 0 Å². The monoisotopic (exact) mass is 231 g/mol. The maximum Gasteiger partial charge on any atom is 0.280 e. The van der Waals surface area contributed by atoms with E-state index in [-0.39, 0.29) is 5.56 Å². The van der Waals surface area contributed by atoms with Crippen LogP contribution in [0.15, 0.2) is 12.1 Å². The summed E-state index contributed by atoms with van der Waals surface area (Å²) < 4.78 is 13.4. The predicted octanol–water partition coefficient (Wildman–Crippen LogP) is 2.42. The fourth-order valence-corrected chi connectivity index (χ4v) is 1.23.